The van der Waals surface area contributed by atoms with E-state index < -0.39 is 0 Å². The van der Waals surface area contributed by atoms with Crippen LogP contribution in [-0.4, -0.2) is 29.9 Å². The fourth-order valence-corrected chi connectivity index (χ4v) is 3.09. The summed E-state index contributed by atoms with van der Waals surface area (Å²) in [5.74, 6) is 0. The minimum absolute atomic E-state index is 0. The molecule has 0 unspecified atom stereocenters. The van der Waals surface area contributed by atoms with E-state index in [9.17, 15) is 0 Å². The van der Waals surface area contributed by atoms with Crippen LogP contribution in [0.15, 0.2) is 146 Å². The Labute approximate surface area is 236 Å². The summed E-state index contributed by atoms with van der Waals surface area (Å²) in [6, 6.07) is 34.8. The molecule has 6 aromatic heterocycles. The molecule has 0 saturated carbocycles. The quantitative estimate of drug-likeness (QED) is 0.207. The topological polar surface area (TPSA) is 77.3 Å². The second kappa shape index (κ2) is 17.1. The van der Waals surface area contributed by atoms with Crippen LogP contribution in [-0.2, 0) is 19.5 Å². The van der Waals surface area contributed by atoms with Gasteiger partial charge in [-0.1, -0.05) is 43.8 Å². The molecule has 6 aromatic rings. The molecule has 0 spiro atoms. The smallest absolute Gasteiger partial charge is 0.0886 e. The molecular weight excluding hydrogens is 557 g/mol. The van der Waals surface area contributed by atoms with Crippen LogP contribution in [0.3, 0.4) is 0 Å². The summed E-state index contributed by atoms with van der Waals surface area (Å²) in [5.41, 5.74) is 5.49. The van der Waals surface area contributed by atoms with Crippen molar-refractivity contribution in [2.75, 3.05) is 0 Å². The van der Waals surface area contributed by atoms with Gasteiger partial charge in [-0.25, -0.2) is 0 Å². The zero-order chi connectivity index (χ0) is 24.7. The third-order valence-electron chi connectivity index (χ3n) is 4.78. The largest absolute Gasteiger partial charge is 0.255 e. The van der Waals surface area contributed by atoms with Crippen LogP contribution < -0.4 is 0 Å². The van der Waals surface area contributed by atoms with E-state index in [1.54, 1.807) is 37.2 Å². The summed E-state index contributed by atoms with van der Waals surface area (Å²) >= 11 is 0. The van der Waals surface area contributed by atoms with Crippen molar-refractivity contribution in [3.63, 3.8) is 0 Å². The van der Waals surface area contributed by atoms with Crippen molar-refractivity contribution >= 4 is 0 Å². The Morgan fingerprint density at radius 3 is 0.526 bits per heavy atom. The van der Waals surface area contributed by atoms with Gasteiger partial charge in [0, 0.05) is 56.7 Å². The van der Waals surface area contributed by atoms with Crippen LogP contribution in [0.2, 0.25) is 0 Å². The summed E-state index contributed by atoms with van der Waals surface area (Å²) in [6.07, 6.45) is 10.6. The number of hydrogen-bond acceptors (Lipinski definition) is 6. The van der Waals surface area contributed by atoms with Crippen molar-refractivity contribution < 1.29 is 19.5 Å². The third kappa shape index (κ3) is 9.53. The van der Waals surface area contributed by atoms with Crippen LogP contribution in [0.1, 0.15) is 7.43 Å². The fraction of sp³-hybridized carbons (Fsp3) is 0.0323. The number of pyridine rings is 6. The number of nitrogens with zero attached hydrogens (tertiary/aromatic N) is 6. The van der Waals surface area contributed by atoms with Crippen LogP contribution in [0, 0.1) is 0 Å². The first-order valence-corrected chi connectivity index (χ1v) is 11.4. The van der Waals surface area contributed by atoms with Gasteiger partial charge in [0.1, 0.15) is 0 Å². The average molecular weight is 586 g/mol. The first-order valence-electron chi connectivity index (χ1n) is 11.4. The molecule has 0 N–H and O–H groups in total. The van der Waals surface area contributed by atoms with Crippen molar-refractivity contribution in [2.45, 2.75) is 7.43 Å². The molecule has 190 valence electrons. The molecule has 0 aliphatic rings. The molecule has 0 fully saturated rings. The summed E-state index contributed by atoms with van der Waals surface area (Å²) in [7, 11) is 0. The van der Waals surface area contributed by atoms with E-state index in [0.29, 0.717) is 0 Å². The van der Waals surface area contributed by atoms with Gasteiger partial charge < -0.3 is 0 Å². The van der Waals surface area contributed by atoms with Gasteiger partial charge >= 0.3 is 0 Å². The number of hydrogen-bond donors (Lipinski definition) is 0. The van der Waals surface area contributed by atoms with Gasteiger partial charge in [-0.15, -0.1) is 0 Å². The Morgan fingerprint density at radius 2 is 0.421 bits per heavy atom. The molecule has 0 aliphatic heterocycles. The Kier molecular flexibility index (Phi) is 13.4. The zero-order valence-corrected chi connectivity index (χ0v) is 21.6. The molecule has 0 bridgehead atoms. The molecule has 0 aliphatic carbocycles. The van der Waals surface area contributed by atoms with Crippen LogP contribution in [0.4, 0.5) is 0 Å². The first kappa shape index (κ1) is 29.8. The second-order valence-electron chi connectivity index (χ2n) is 7.29. The van der Waals surface area contributed by atoms with E-state index in [1.165, 1.54) is 0 Å². The van der Waals surface area contributed by atoms with E-state index in [-0.39, 0.29) is 26.9 Å². The van der Waals surface area contributed by atoms with Crippen molar-refractivity contribution in [3.8, 4) is 34.2 Å². The Bertz CT molecular complexity index is 1100. The molecule has 0 atom stereocenters. The maximum Gasteiger partial charge on any atom is 0.0886 e. The minimum atomic E-state index is 0. The summed E-state index contributed by atoms with van der Waals surface area (Å²) < 4.78 is 0. The van der Waals surface area contributed by atoms with E-state index >= 15 is 0 Å². The molecule has 6 nitrogen and oxygen atoms in total. The van der Waals surface area contributed by atoms with E-state index in [1.807, 2.05) is 109 Å². The molecule has 0 aromatic carbocycles. The molecule has 0 saturated heterocycles. The van der Waals surface area contributed by atoms with Gasteiger partial charge in [-0.2, -0.15) is 0 Å². The molecule has 6 rings (SSSR count). The average Bonchev–Trinajstić information content (AvgIpc) is 3.01. The standard InChI is InChI=1S/3C10H8N2.CH4.Ru/c3*1-3-7-11-9(5-1)10-6-2-4-8-12-10;;/h3*1-8H;1H4;. The van der Waals surface area contributed by atoms with Gasteiger partial charge in [0.2, 0.25) is 0 Å². The summed E-state index contributed by atoms with van der Waals surface area (Å²) in [4.78, 5) is 25.1. The molecule has 6 heterocycles. The van der Waals surface area contributed by atoms with Crippen LogP contribution in [0.25, 0.3) is 34.2 Å². The van der Waals surface area contributed by atoms with Crippen LogP contribution in [0.5, 0.6) is 0 Å². The Balaban J connectivity index is 0.000000195. The van der Waals surface area contributed by atoms with Crippen molar-refractivity contribution in [2.24, 2.45) is 0 Å². The van der Waals surface area contributed by atoms with Gasteiger partial charge in [-0.05, 0) is 72.8 Å². The van der Waals surface area contributed by atoms with Crippen molar-refractivity contribution in [3.05, 3.63) is 146 Å². The van der Waals surface area contributed by atoms with Gasteiger partial charge in [0.25, 0.3) is 0 Å². The second-order valence-corrected chi connectivity index (χ2v) is 7.29. The fourth-order valence-electron chi connectivity index (χ4n) is 3.09. The van der Waals surface area contributed by atoms with Gasteiger partial charge in [0.05, 0.1) is 34.2 Å². The van der Waals surface area contributed by atoms with Crippen molar-refractivity contribution in [1.82, 2.24) is 29.9 Å². The predicted octanol–water partition coefficient (Wildman–Crippen LogP) is 7.06. The Hall–Kier alpha value is -4.48. The van der Waals surface area contributed by atoms with Crippen LogP contribution >= 0.6 is 0 Å². The maximum absolute atomic E-state index is 4.19. The third-order valence-corrected chi connectivity index (χ3v) is 4.78. The van der Waals surface area contributed by atoms with Gasteiger partial charge in [-0.3, -0.25) is 29.9 Å². The normalized spacial score (nSPS) is 9.16. The summed E-state index contributed by atoms with van der Waals surface area (Å²) in [6.45, 7) is 0. The molecule has 7 heteroatoms. The maximum atomic E-state index is 4.19. The minimum Gasteiger partial charge on any atom is -0.255 e. The monoisotopic (exact) mass is 586 g/mol. The van der Waals surface area contributed by atoms with E-state index in [4.69, 9.17) is 0 Å². The molecule has 0 radical (unpaired) electrons. The Morgan fingerprint density at radius 1 is 0.263 bits per heavy atom. The molecule has 0 amide bonds. The van der Waals surface area contributed by atoms with Crippen molar-refractivity contribution in [1.29, 1.82) is 0 Å². The van der Waals surface area contributed by atoms with E-state index in [0.717, 1.165) is 34.2 Å². The molecule has 38 heavy (non-hydrogen) atoms. The van der Waals surface area contributed by atoms with E-state index in [2.05, 4.69) is 29.9 Å². The summed E-state index contributed by atoms with van der Waals surface area (Å²) in [5, 5.41) is 0. The zero-order valence-electron chi connectivity index (χ0n) is 19.9. The molecular formula is C31H28N6Ru. The predicted molar refractivity (Wildman–Crippen MR) is 149 cm³/mol. The van der Waals surface area contributed by atoms with Gasteiger partial charge in [0.15, 0.2) is 0 Å². The SMILES string of the molecule is C.[Ru].c1ccc(-c2ccccn2)nc1.c1ccc(-c2ccccn2)nc1.c1ccc(-c2ccccn2)nc1. The number of rotatable bonds is 3. The first-order chi connectivity index (χ1) is 17.9. The number of aromatic nitrogens is 6.